The number of benzene rings is 1. The van der Waals surface area contributed by atoms with Crippen molar-refractivity contribution >= 4 is 17.7 Å². The van der Waals surface area contributed by atoms with Crippen molar-refractivity contribution in [2.45, 2.75) is 24.7 Å². The standard InChI is InChI=1S/C12H14O2S/c13-12-7-6-11(14-12)9-15-8-10-4-2-1-3-5-10/h1-5,11H,6-9H2. The van der Waals surface area contributed by atoms with Gasteiger partial charge in [0.2, 0.25) is 0 Å². The molecule has 1 atom stereocenters. The minimum atomic E-state index is -0.0414. The number of hydrogen-bond donors (Lipinski definition) is 0. The SMILES string of the molecule is O=C1CCC(CSCc2ccccc2)O1. The molecule has 1 aromatic carbocycles. The number of cyclic esters (lactones) is 1. The monoisotopic (exact) mass is 222 g/mol. The Hall–Kier alpha value is -0.960. The van der Waals surface area contributed by atoms with E-state index in [4.69, 9.17) is 4.74 Å². The first-order valence-electron chi connectivity index (χ1n) is 5.16. The van der Waals surface area contributed by atoms with Gasteiger partial charge in [-0.25, -0.2) is 0 Å². The molecule has 1 aromatic rings. The molecule has 3 heteroatoms. The Bertz CT molecular complexity index is 324. The summed E-state index contributed by atoms with van der Waals surface area (Å²) >= 11 is 1.83. The predicted octanol–water partition coefficient (Wildman–Crippen LogP) is 2.63. The van der Waals surface area contributed by atoms with E-state index in [1.165, 1.54) is 5.56 Å². The zero-order valence-corrected chi connectivity index (χ0v) is 9.33. The van der Waals surface area contributed by atoms with Crippen molar-refractivity contribution in [3.05, 3.63) is 35.9 Å². The number of hydrogen-bond acceptors (Lipinski definition) is 3. The minimum absolute atomic E-state index is 0.0414. The average Bonchev–Trinajstić information content (AvgIpc) is 2.66. The van der Waals surface area contributed by atoms with Crippen LogP contribution in [0, 0.1) is 0 Å². The van der Waals surface area contributed by atoms with Gasteiger partial charge in [-0.05, 0) is 12.0 Å². The van der Waals surface area contributed by atoms with E-state index in [1.54, 1.807) is 0 Å². The highest BCUT2D eigenvalue weighted by atomic mass is 32.2. The van der Waals surface area contributed by atoms with Gasteiger partial charge < -0.3 is 4.74 Å². The van der Waals surface area contributed by atoms with Gasteiger partial charge in [0.15, 0.2) is 0 Å². The van der Waals surface area contributed by atoms with Gasteiger partial charge >= 0.3 is 5.97 Å². The molecule has 0 aliphatic carbocycles. The molecule has 15 heavy (non-hydrogen) atoms. The summed E-state index contributed by atoms with van der Waals surface area (Å²) < 4.78 is 5.14. The Kier molecular flexibility index (Phi) is 3.67. The van der Waals surface area contributed by atoms with E-state index >= 15 is 0 Å². The summed E-state index contributed by atoms with van der Waals surface area (Å²) in [4.78, 5) is 10.9. The van der Waals surface area contributed by atoms with Crippen LogP contribution >= 0.6 is 11.8 Å². The second-order valence-corrected chi connectivity index (χ2v) is 4.68. The lowest BCUT2D eigenvalue weighted by molar-refractivity contribution is -0.140. The smallest absolute Gasteiger partial charge is 0.306 e. The molecular weight excluding hydrogens is 208 g/mol. The van der Waals surface area contributed by atoms with Gasteiger partial charge in [0, 0.05) is 17.9 Å². The molecule has 0 spiro atoms. The summed E-state index contributed by atoms with van der Waals surface area (Å²) in [6, 6.07) is 10.4. The third-order valence-electron chi connectivity index (χ3n) is 2.38. The van der Waals surface area contributed by atoms with Crippen LogP contribution in [0.4, 0.5) is 0 Å². The second kappa shape index (κ2) is 5.21. The molecule has 2 nitrogen and oxygen atoms in total. The van der Waals surface area contributed by atoms with Crippen LogP contribution in [-0.4, -0.2) is 17.8 Å². The summed E-state index contributed by atoms with van der Waals surface area (Å²) in [5.41, 5.74) is 1.33. The molecule has 1 fully saturated rings. The Morgan fingerprint density at radius 1 is 1.33 bits per heavy atom. The zero-order chi connectivity index (χ0) is 10.5. The fraction of sp³-hybridized carbons (Fsp3) is 0.417. The molecule has 80 valence electrons. The average molecular weight is 222 g/mol. The summed E-state index contributed by atoms with van der Waals surface area (Å²) in [6.45, 7) is 0. The Morgan fingerprint density at radius 3 is 2.80 bits per heavy atom. The van der Waals surface area contributed by atoms with Crippen LogP contribution in [0.5, 0.6) is 0 Å². The van der Waals surface area contributed by atoms with Gasteiger partial charge in [0.05, 0.1) is 0 Å². The van der Waals surface area contributed by atoms with Crippen molar-refractivity contribution in [3.63, 3.8) is 0 Å². The topological polar surface area (TPSA) is 26.3 Å². The third-order valence-corrected chi connectivity index (χ3v) is 3.53. The van der Waals surface area contributed by atoms with Crippen LogP contribution in [0.1, 0.15) is 18.4 Å². The fourth-order valence-electron chi connectivity index (χ4n) is 1.58. The summed E-state index contributed by atoms with van der Waals surface area (Å²) in [7, 11) is 0. The van der Waals surface area contributed by atoms with Crippen molar-refractivity contribution in [2.24, 2.45) is 0 Å². The van der Waals surface area contributed by atoms with E-state index in [2.05, 4.69) is 12.1 Å². The molecule has 0 amide bonds. The maximum Gasteiger partial charge on any atom is 0.306 e. The van der Waals surface area contributed by atoms with Gasteiger partial charge in [-0.1, -0.05) is 30.3 Å². The molecule has 0 saturated carbocycles. The number of esters is 1. The molecule has 0 N–H and O–H groups in total. The molecule has 0 radical (unpaired) electrons. The minimum Gasteiger partial charge on any atom is -0.461 e. The quantitative estimate of drug-likeness (QED) is 0.732. The highest BCUT2D eigenvalue weighted by molar-refractivity contribution is 7.98. The van der Waals surface area contributed by atoms with Crippen molar-refractivity contribution in [2.75, 3.05) is 5.75 Å². The molecule has 1 unspecified atom stereocenters. The molecular formula is C12H14O2S. The fourth-order valence-corrected chi connectivity index (χ4v) is 2.63. The van der Waals surface area contributed by atoms with E-state index in [0.717, 1.165) is 17.9 Å². The number of ether oxygens (including phenoxy) is 1. The Labute approximate surface area is 94.0 Å². The second-order valence-electron chi connectivity index (χ2n) is 3.65. The van der Waals surface area contributed by atoms with Crippen LogP contribution in [0.3, 0.4) is 0 Å². The summed E-state index contributed by atoms with van der Waals surface area (Å²) in [5.74, 6) is 1.87. The lowest BCUT2D eigenvalue weighted by atomic mass is 10.2. The van der Waals surface area contributed by atoms with Crippen molar-refractivity contribution in [1.82, 2.24) is 0 Å². The van der Waals surface area contributed by atoms with Gasteiger partial charge in [0.25, 0.3) is 0 Å². The number of rotatable bonds is 4. The van der Waals surface area contributed by atoms with Crippen LogP contribution in [0.15, 0.2) is 30.3 Å². The Balaban J connectivity index is 1.69. The Morgan fingerprint density at radius 2 is 2.13 bits per heavy atom. The van der Waals surface area contributed by atoms with E-state index in [0.29, 0.717) is 6.42 Å². The number of thioether (sulfide) groups is 1. The first-order chi connectivity index (χ1) is 7.34. The lowest BCUT2D eigenvalue weighted by Gasteiger charge is -2.08. The van der Waals surface area contributed by atoms with Crippen molar-refractivity contribution in [3.8, 4) is 0 Å². The number of carbonyl (C=O) groups excluding carboxylic acids is 1. The first-order valence-corrected chi connectivity index (χ1v) is 6.31. The van der Waals surface area contributed by atoms with Crippen molar-refractivity contribution < 1.29 is 9.53 Å². The number of carbonyl (C=O) groups is 1. The maximum absolute atomic E-state index is 10.9. The van der Waals surface area contributed by atoms with Crippen molar-refractivity contribution in [1.29, 1.82) is 0 Å². The largest absolute Gasteiger partial charge is 0.461 e. The summed E-state index contributed by atoms with van der Waals surface area (Å²) in [6.07, 6.45) is 1.63. The first kappa shape index (κ1) is 10.6. The van der Waals surface area contributed by atoms with E-state index < -0.39 is 0 Å². The molecule has 0 aromatic heterocycles. The molecule has 1 aliphatic rings. The predicted molar refractivity (Wildman–Crippen MR) is 61.7 cm³/mol. The van der Waals surface area contributed by atoms with Crippen LogP contribution < -0.4 is 0 Å². The molecule has 1 aliphatic heterocycles. The van der Waals surface area contributed by atoms with E-state index in [9.17, 15) is 4.79 Å². The molecule has 2 rings (SSSR count). The zero-order valence-electron chi connectivity index (χ0n) is 8.52. The highest BCUT2D eigenvalue weighted by Crippen LogP contribution is 2.20. The van der Waals surface area contributed by atoms with E-state index in [-0.39, 0.29) is 12.1 Å². The lowest BCUT2D eigenvalue weighted by Crippen LogP contribution is -2.09. The van der Waals surface area contributed by atoms with Gasteiger partial charge in [-0.3, -0.25) is 4.79 Å². The van der Waals surface area contributed by atoms with Gasteiger partial charge in [-0.2, -0.15) is 11.8 Å². The van der Waals surface area contributed by atoms with Crippen LogP contribution in [0.25, 0.3) is 0 Å². The van der Waals surface area contributed by atoms with Gasteiger partial charge in [0.1, 0.15) is 6.10 Å². The molecule has 1 heterocycles. The molecule has 0 bridgehead atoms. The maximum atomic E-state index is 10.9. The molecule has 1 saturated heterocycles. The van der Waals surface area contributed by atoms with E-state index in [1.807, 2.05) is 30.0 Å². The van der Waals surface area contributed by atoms with Crippen LogP contribution in [0.2, 0.25) is 0 Å². The normalized spacial score (nSPS) is 20.3. The van der Waals surface area contributed by atoms with Gasteiger partial charge in [-0.15, -0.1) is 0 Å². The highest BCUT2D eigenvalue weighted by Gasteiger charge is 2.22. The third kappa shape index (κ3) is 3.27. The summed E-state index contributed by atoms with van der Waals surface area (Å²) in [5, 5.41) is 0. The van der Waals surface area contributed by atoms with Crippen LogP contribution in [-0.2, 0) is 15.3 Å².